The average Bonchev–Trinajstić information content (AvgIpc) is 2.67. The van der Waals surface area contributed by atoms with E-state index < -0.39 is 0 Å². The molecule has 21 heavy (non-hydrogen) atoms. The second-order valence-electron chi connectivity index (χ2n) is 6.04. The van der Waals surface area contributed by atoms with Crippen LogP contribution in [0.15, 0.2) is 33.7 Å². The minimum Gasteiger partial charge on any atom is -0.324 e. The van der Waals surface area contributed by atoms with Crippen molar-refractivity contribution in [3.63, 3.8) is 0 Å². The molecule has 1 aromatic heterocycles. The number of rotatable bonds is 1. The van der Waals surface area contributed by atoms with Crippen molar-refractivity contribution in [2.75, 3.05) is 0 Å². The van der Waals surface area contributed by atoms with Gasteiger partial charge in [0, 0.05) is 27.7 Å². The molecule has 0 unspecified atom stereocenters. The summed E-state index contributed by atoms with van der Waals surface area (Å²) < 4.78 is 2.87. The van der Waals surface area contributed by atoms with Gasteiger partial charge in [0.2, 0.25) is 0 Å². The highest BCUT2D eigenvalue weighted by Crippen LogP contribution is 2.27. The number of halogens is 1. The summed E-state index contributed by atoms with van der Waals surface area (Å²) >= 11 is 4.96. The van der Waals surface area contributed by atoms with Crippen LogP contribution in [-0.2, 0) is 12.5 Å². The molecule has 5 heteroatoms. The smallest absolute Gasteiger partial charge is 0.279 e. The molecule has 0 saturated heterocycles. The molecule has 0 bridgehead atoms. The van der Waals surface area contributed by atoms with Crippen LogP contribution < -0.4 is 4.80 Å². The number of benzene rings is 1. The van der Waals surface area contributed by atoms with Crippen LogP contribution in [-0.4, -0.2) is 10.5 Å². The van der Waals surface area contributed by atoms with E-state index in [1.165, 1.54) is 4.88 Å². The molecule has 1 aromatic carbocycles. The van der Waals surface area contributed by atoms with Crippen LogP contribution in [0, 0.1) is 6.92 Å². The van der Waals surface area contributed by atoms with E-state index in [1.54, 1.807) is 23.5 Å². The van der Waals surface area contributed by atoms with Crippen LogP contribution in [0.2, 0.25) is 0 Å². The SMILES string of the molecule is Cc1c(C(C)(C)C)sc(=NC(=O)c2cccc(Br)c2)n1C. The fraction of sp³-hybridized carbons (Fsp3) is 0.375. The number of carbonyl (C=O) groups excluding carboxylic acids is 1. The van der Waals surface area contributed by atoms with E-state index >= 15 is 0 Å². The van der Waals surface area contributed by atoms with Gasteiger partial charge in [0.15, 0.2) is 4.80 Å². The minimum atomic E-state index is -0.214. The number of nitrogens with zero attached hydrogens (tertiary/aromatic N) is 2. The van der Waals surface area contributed by atoms with Crippen molar-refractivity contribution in [1.29, 1.82) is 0 Å². The second kappa shape index (κ2) is 5.89. The minimum absolute atomic E-state index is 0.0547. The van der Waals surface area contributed by atoms with Gasteiger partial charge in [-0.25, -0.2) is 0 Å². The van der Waals surface area contributed by atoms with Crippen molar-refractivity contribution in [2.45, 2.75) is 33.1 Å². The monoisotopic (exact) mass is 366 g/mol. The Morgan fingerprint density at radius 3 is 2.52 bits per heavy atom. The molecular formula is C16H19BrN2OS. The van der Waals surface area contributed by atoms with Crippen molar-refractivity contribution in [3.05, 3.63) is 49.7 Å². The fourth-order valence-corrected chi connectivity index (χ4v) is 3.67. The van der Waals surface area contributed by atoms with Gasteiger partial charge in [-0.05, 0) is 30.5 Å². The van der Waals surface area contributed by atoms with Gasteiger partial charge in [0.25, 0.3) is 5.91 Å². The van der Waals surface area contributed by atoms with E-state index in [9.17, 15) is 4.79 Å². The maximum Gasteiger partial charge on any atom is 0.279 e. The van der Waals surface area contributed by atoms with Crippen LogP contribution in [0.5, 0.6) is 0 Å². The van der Waals surface area contributed by atoms with E-state index in [2.05, 4.69) is 48.6 Å². The number of hydrogen-bond acceptors (Lipinski definition) is 2. The van der Waals surface area contributed by atoms with Gasteiger partial charge in [0.1, 0.15) is 0 Å². The Kier molecular flexibility index (Phi) is 4.54. The summed E-state index contributed by atoms with van der Waals surface area (Å²) in [6.07, 6.45) is 0. The molecule has 1 amide bonds. The Morgan fingerprint density at radius 1 is 1.33 bits per heavy atom. The molecule has 0 aliphatic heterocycles. The quantitative estimate of drug-likeness (QED) is 0.744. The molecule has 0 aliphatic rings. The maximum absolute atomic E-state index is 12.3. The summed E-state index contributed by atoms with van der Waals surface area (Å²) in [5.74, 6) is -0.214. The highest BCUT2D eigenvalue weighted by Gasteiger charge is 2.21. The lowest BCUT2D eigenvalue weighted by Gasteiger charge is -2.17. The van der Waals surface area contributed by atoms with E-state index in [0.717, 1.165) is 15.0 Å². The lowest BCUT2D eigenvalue weighted by Crippen LogP contribution is -2.15. The van der Waals surface area contributed by atoms with Gasteiger partial charge in [0.05, 0.1) is 0 Å². The molecule has 1 heterocycles. The number of aromatic nitrogens is 1. The van der Waals surface area contributed by atoms with Gasteiger partial charge < -0.3 is 4.57 Å². The molecule has 0 aliphatic carbocycles. The standard InChI is InChI=1S/C16H19BrN2OS/c1-10-13(16(2,3)4)21-15(19(10)5)18-14(20)11-7-6-8-12(17)9-11/h6-9H,1-5H3. The molecular weight excluding hydrogens is 348 g/mol. The molecule has 3 nitrogen and oxygen atoms in total. The Morgan fingerprint density at radius 2 is 2.00 bits per heavy atom. The molecule has 0 radical (unpaired) electrons. The van der Waals surface area contributed by atoms with E-state index in [0.29, 0.717) is 5.56 Å². The topological polar surface area (TPSA) is 34.4 Å². The Bertz CT molecular complexity index is 750. The lowest BCUT2D eigenvalue weighted by atomic mass is 9.93. The molecule has 0 fully saturated rings. The normalized spacial score (nSPS) is 12.8. The number of amides is 1. The third kappa shape index (κ3) is 3.52. The second-order valence-corrected chi connectivity index (χ2v) is 7.93. The molecule has 0 atom stereocenters. The van der Waals surface area contributed by atoms with Gasteiger partial charge in [-0.1, -0.05) is 42.8 Å². The summed E-state index contributed by atoms with van der Waals surface area (Å²) in [7, 11) is 1.95. The third-order valence-corrected chi connectivity index (χ3v) is 5.41. The largest absolute Gasteiger partial charge is 0.324 e. The summed E-state index contributed by atoms with van der Waals surface area (Å²) in [4.78, 5) is 18.6. The zero-order chi connectivity index (χ0) is 15.8. The van der Waals surface area contributed by atoms with Crippen molar-refractivity contribution in [2.24, 2.45) is 12.0 Å². The summed E-state index contributed by atoms with van der Waals surface area (Å²) in [6, 6.07) is 7.30. The molecule has 0 spiro atoms. The summed E-state index contributed by atoms with van der Waals surface area (Å²) in [6.45, 7) is 8.59. The third-order valence-electron chi connectivity index (χ3n) is 3.26. The van der Waals surface area contributed by atoms with Crippen LogP contribution in [0.25, 0.3) is 0 Å². The Balaban J connectivity index is 2.49. The highest BCUT2D eigenvalue weighted by atomic mass is 79.9. The highest BCUT2D eigenvalue weighted by molar-refractivity contribution is 9.10. The van der Waals surface area contributed by atoms with Crippen LogP contribution in [0.3, 0.4) is 0 Å². The Hall–Kier alpha value is -1.20. The van der Waals surface area contributed by atoms with Crippen LogP contribution in [0.4, 0.5) is 0 Å². The van der Waals surface area contributed by atoms with Crippen LogP contribution in [0.1, 0.15) is 41.7 Å². The first-order chi connectivity index (χ1) is 9.70. The number of thiazole rings is 1. The number of hydrogen-bond donors (Lipinski definition) is 0. The first-order valence-corrected chi connectivity index (χ1v) is 8.32. The molecule has 0 N–H and O–H groups in total. The van der Waals surface area contributed by atoms with E-state index in [1.807, 2.05) is 23.7 Å². The van der Waals surface area contributed by atoms with Gasteiger partial charge in [-0.3, -0.25) is 4.79 Å². The maximum atomic E-state index is 12.3. The van der Waals surface area contributed by atoms with E-state index in [-0.39, 0.29) is 11.3 Å². The zero-order valence-corrected chi connectivity index (χ0v) is 15.3. The van der Waals surface area contributed by atoms with Crippen molar-refractivity contribution >= 4 is 33.2 Å². The molecule has 2 aromatic rings. The summed E-state index contributed by atoms with van der Waals surface area (Å²) in [5, 5.41) is 0. The fourth-order valence-electron chi connectivity index (χ4n) is 2.10. The first kappa shape index (κ1) is 16.2. The van der Waals surface area contributed by atoms with Crippen LogP contribution >= 0.6 is 27.3 Å². The van der Waals surface area contributed by atoms with E-state index in [4.69, 9.17) is 0 Å². The Labute approximate surface area is 137 Å². The van der Waals surface area contributed by atoms with Crippen molar-refractivity contribution in [3.8, 4) is 0 Å². The molecule has 112 valence electrons. The zero-order valence-electron chi connectivity index (χ0n) is 12.9. The molecule has 0 saturated carbocycles. The predicted octanol–water partition coefficient (Wildman–Crippen LogP) is 4.20. The van der Waals surface area contributed by atoms with Gasteiger partial charge in [-0.2, -0.15) is 4.99 Å². The summed E-state index contributed by atoms with van der Waals surface area (Å²) in [5.41, 5.74) is 1.81. The lowest BCUT2D eigenvalue weighted by molar-refractivity contribution is 0.0998. The van der Waals surface area contributed by atoms with Gasteiger partial charge >= 0.3 is 0 Å². The average molecular weight is 367 g/mol. The first-order valence-electron chi connectivity index (χ1n) is 6.71. The van der Waals surface area contributed by atoms with Gasteiger partial charge in [-0.15, -0.1) is 11.3 Å². The number of carbonyl (C=O) groups is 1. The van der Waals surface area contributed by atoms with Crippen molar-refractivity contribution in [1.82, 2.24) is 4.57 Å². The van der Waals surface area contributed by atoms with Crippen molar-refractivity contribution < 1.29 is 4.79 Å². The predicted molar refractivity (Wildman–Crippen MR) is 90.8 cm³/mol. The molecule has 2 rings (SSSR count).